The summed E-state index contributed by atoms with van der Waals surface area (Å²) in [5, 5.41) is 15.0. The molecule has 22 heavy (non-hydrogen) atoms. The van der Waals surface area contributed by atoms with Crippen LogP contribution < -0.4 is 15.4 Å². The summed E-state index contributed by atoms with van der Waals surface area (Å²) in [6.45, 7) is 0.822. The van der Waals surface area contributed by atoms with Crippen LogP contribution in [0.4, 0.5) is 4.79 Å². The van der Waals surface area contributed by atoms with Crippen LogP contribution in [0, 0.1) is 11.3 Å². The van der Waals surface area contributed by atoms with E-state index in [0.717, 1.165) is 37.0 Å². The zero-order chi connectivity index (χ0) is 15.6. The number of carbonyl (C=O) groups excluding carboxylic acids is 1. The maximum atomic E-state index is 11.9. The third kappa shape index (κ3) is 3.19. The number of aliphatic hydroxyl groups excluding tert-OH is 1. The lowest BCUT2D eigenvalue weighted by atomic mass is 9.50. The number of urea groups is 1. The van der Waals surface area contributed by atoms with Gasteiger partial charge in [-0.25, -0.2) is 4.79 Å². The molecule has 120 valence electrons. The molecule has 3 rings (SSSR count). The third-order valence-electron chi connectivity index (χ3n) is 5.01. The molecular formula is C17H24N2O3. The van der Waals surface area contributed by atoms with Gasteiger partial charge in [0.15, 0.2) is 0 Å². The van der Waals surface area contributed by atoms with Crippen molar-refractivity contribution in [2.24, 2.45) is 11.3 Å². The van der Waals surface area contributed by atoms with Crippen LogP contribution >= 0.6 is 0 Å². The van der Waals surface area contributed by atoms with Gasteiger partial charge in [-0.05, 0) is 54.7 Å². The molecule has 3 N–H and O–H groups in total. The smallest absolute Gasteiger partial charge is 0.315 e. The van der Waals surface area contributed by atoms with Crippen molar-refractivity contribution in [1.29, 1.82) is 0 Å². The highest BCUT2D eigenvalue weighted by molar-refractivity contribution is 5.74. The van der Waals surface area contributed by atoms with Gasteiger partial charge in [-0.1, -0.05) is 12.1 Å². The van der Waals surface area contributed by atoms with Crippen LogP contribution in [-0.4, -0.2) is 30.9 Å². The van der Waals surface area contributed by atoms with Crippen molar-refractivity contribution < 1.29 is 14.6 Å². The van der Waals surface area contributed by atoms with Crippen molar-refractivity contribution >= 4 is 6.03 Å². The summed E-state index contributed by atoms with van der Waals surface area (Å²) in [4.78, 5) is 11.9. The summed E-state index contributed by atoms with van der Waals surface area (Å²) < 4.78 is 5.11. The fraction of sp³-hybridized carbons (Fsp3) is 0.588. The monoisotopic (exact) mass is 304 g/mol. The van der Waals surface area contributed by atoms with E-state index in [1.165, 1.54) is 0 Å². The second-order valence-electron chi connectivity index (χ2n) is 6.74. The van der Waals surface area contributed by atoms with Gasteiger partial charge in [0.1, 0.15) is 5.75 Å². The molecule has 2 saturated carbocycles. The number of benzene rings is 1. The summed E-state index contributed by atoms with van der Waals surface area (Å²) in [5.41, 5.74) is 1.47. The van der Waals surface area contributed by atoms with Crippen LogP contribution in [0.25, 0.3) is 0 Å². The molecule has 0 saturated heterocycles. The minimum Gasteiger partial charge on any atom is -0.497 e. The van der Waals surface area contributed by atoms with E-state index in [1.54, 1.807) is 7.11 Å². The standard InChI is InChI=1S/C17H24N2O3/c1-22-15-4-2-12(3-5-15)10-18-16(21)19-14-8-17(9-14)6-13(7-17)11-20/h2-5,13-14,20H,6-11H2,1H3,(H2,18,19,21). The first-order valence-corrected chi connectivity index (χ1v) is 7.91. The molecule has 5 heteroatoms. The van der Waals surface area contributed by atoms with E-state index in [4.69, 9.17) is 9.84 Å². The zero-order valence-electron chi connectivity index (χ0n) is 13.0. The van der Waals surface area contributed by atoms with Crippen LogP contribution in [-0.2, 0) is 6.54 Å². The number of hydrogen-bond acceptors (Lipinski definition) is 3. The largest absolute Gasteiger partial charge is 0.497 e. The lowest BCUT2D eigenvalue weighted by Gasteiger charge is -2.57. The van der Waals surface area contributed by atoms with Gasteiger partial charge in [0.2, 0.25) is 0 Å². The van der Waals surface area contributed by atoms with Gasteiger partial charge < -0.3 is 20.5 Å². The van der Waals surface area contributed by atoms with Gasteiger partial charge in [-0.2, -0.15) is 0 Å². The molecule has 0 radical (unpaired) electrons. The molecule has 0 atom stereocenters. The number of rotatable bonds is 5. The predicted molar refractivity (Wildman–Crippen MR) is 83.6 cm³/mol. The number of aliphatic hydroxyl groups is 1. The Bertz CT molecular complexity index is 515. The Labute approximate surface area is 131 Å². The van der Waals surface area contributed by atoms with Crippen LogP contribution in [0.3, 0.4) is 0 Å². The minimum atomic E-state index is -0.103. The van der Waals surface area contributed by atoms with Crippen LogP contribution in [0.1, 0.15) is 31.2 Å². The first-order chi connectivity index (χ1) is 10.6. The number of methoxy groups -OCH3 is 1. The summed E-state index contributed by atoms with van der Waals surface area (Å²) in [5.74, 6) is 1.31. The number of carbonyl (C=O) groups is 1. The molecule has 1 aromatic rings. The highest BCUT2D eigenvalue weighted by Crippen LogP contribution is 2.58. The lowest BCUT2D eigenvalue weighted by Crippen LogP contribution is -2.58. The van der Waals surface area contributed by atoms with Crippen molar-refractivity contribution in [3.63, 3.8) is 0 Å². The van der Waals surface area contributed by atoms with Gasteiger partial charge >= 0.3 is 6.03 Å². The van der Waals surface area contributed by atoms with E-state index >= 15 is 0 Å². The van der Waals surface area contributed by atoms with E-state index in [2.05, 4.69) is 10.6 Å². The summed E-state index contributed by atoms with van der Waals surface area (Å²) in [6.07, 6.45) is 4.35. The summed E-state index contributed by atoms with van der Waals surface area (Å²) in [6, 6.07) is 7.85. The van der Waals surface area contributed by atoms with E-state index in [9.17, 15) is 4.79 Å². The van der Waals surface area contributed by atoms with E-state index in [1.807, 2.05) is 24.3 Å². The van der Waals surface area contributed by atoms with Crippen molar-refractivity contribution in [3.8, 4) is 5.75 Å². The first kappa shape index (κ1) is 15.2. The van der Waals surface area contributed by atoms with Gasteiger partial charge in [0.25, 0.3) is 0 Å². The fourth-order valence-electron chi connectivity index (χ4n) is 3.88. The number of hydrogen-bond donors (Lipinski definition) is 3. The Morgan fingerprint density at radius 1 is 1.27 bits per heavy atom. The van der Waals surface area contributed by atoms with Crippen molar-refractivity contribution in [1.82, 2.24) is 10.6 Å². The lowest BCUT2D eigenvalue weighted by molar-refractivity contribution is -0.0636. The zero-order valence-corrected chi connectivity index (χ0v) is 13.0. The molecule has 0 unspecified atom stereocenters. The van der Waals surface area contributed by atoms with Gasteiger partial charge in [-0.15, -0.1) is 0 Å². The quantitative estimate of drug-likeness (QED) is 0.779. The van der Waals surface area contributed by atoms with Gasteiger partial charge in [0.05, 0.1) is 7.11 Å². The maximum Gasteiger partial charge on any atom is 0.315 e. The molecule has 2 amide bonds. The summed E-state index contributed by atoms with van der Waals surface area (Å²) in [7, 11) is 1.64. The average molecular weight is 304 g/mol. The summed E-state index contributed by atoms with van der Waals surface area (Å²) >= 11 is 0. The van der Waals surface area contributed by atoms with Crippen molar-refractivity contribution in [2.75, 3.05) is 13.7 Å². The molecule has 0 heterocycles. The Morgan fingerprint density at radius 2 is 1.95 bits per heavy atom. The molecule has 2 aliphatic carbocycles. The molecule has 5 nitrogen and oxygen atoms in total. The van der Waals surface area contributed by atoms with E-state index in [-0.39, 0.29) is 12.1 Å². The number of nitrogens with one attached hydrogen (secondary N) is 2. The van der Waals surface area contributed by atoms with E-state index < -0.39 is 0 Å². The molecule has 2 fully saturated rings. The molecular weight excluding hydrogens is 280 g/mol. The van der Waals surface area contributed by atoms with Crippen LogP contribution in [0.2, 0.25) is 0 Å². The molecule has 0 bridgehead atoms. The van der Waals surface area contributed by atoms with Crippen LogP contribution in [0.15, 0.2) is 24.3 Å². The highest BCUT2D eigenvalue weighted by atomic mass is 16.5. The maximum absolute atomic E-state index is 11.9. The van der Waals surface area contributed by atoms with Gasteiger partial charge in [-0.3, -0.25) is 0 Å². The third-order valence-corrected chi connectivity index (χ3v) is 5.01. The predicted octanol–water partition coefficient (Wildman–Crippen LogP) is 2.05. The molecule has 0 aromatic heterocycles. The van der Waals surface area contributed by atoms with Gasteiger partial charge in [0, 0.05) is 19.2 Å². The molecule has 1 aromatic carbocycles. The Kier molecular flexibility index (Phi) is 4.25. The topological polar surface area (TPSA) is 70.6 Å². The number of amides is 2. The Balaban J connectivity index is 1.35. The number of ether oxygens (including phenoxy) is 1. The van der Waals surface area contributed by atoms with Crippen molar-refractivity contribution in [3.05, 3.63) is 29.8 Å². The second-order valence-corrected chi connectivity index (χ2v) is 6.74. The van der Waals surface area contributed by atoms with Crippen LogP contribution in [0.5, 0.6) is 5.75 Å². The molecule has 1 spiro atoms. The Hall–Kier alpha value is -1.75. The Morgan fingerprint density at radius 3 is 2.55 bits per heavy atom. The first-order valence-electron chi connectivity index (χ1n) is 7.91. The molecule has 2 aliphatic rings. The van der Waals surface area contributed by atoms with E-state index in [0.29, 0.717) is 24.5 Å². The second kappa shape index (κ2) is 6.16. The fourth-order valence-corrected chi connectivity index (χ4v) is 3.88. The normalized spacial score (nSPS) is 29.4. The highest BCUT2D eigenvalue weighted by Gasteiger charge is 2.52. The average Bonchev–Trinajstić information content (AvgIpc) is 2.46. The minimum absolute atomic E-state index is 0.103. The molecule has 0 aliphatic heterocycles. The van der Waals surface area contributed by atoms with Crippen molar-refractivity contribution in [2.45, 2.75) is 38.3 Å². The SMILES string of the molecule is COc1ccc(CNC(=O)NC2CC3(CC(CO)C3)C2)cc1.